The molecule has 1 rings (SSSR count). The zero-order chi connectivity index (χ0) is 12.5. The van der Waals surface area contributed by atoms with Gasteiger partial charge in [-0.05, 0) is 24.1 Å². The lowest BCUT2D eigenvalue weighted by molar-refractivity contribution is 0.238. The van der Waals surface area contributed by atoms with Crippen molar-refractivity contribution in [3.8, 4) is 11.8 Å². The molecule has 2 N–H and O–H groups in total. The number of hydrogen-bond donors (Lipinski definition) is 2. The van der Waals surface area contributed by atoms with Gasteiger partial charge in [-0.25, -0.2) is 0 Å². The van der Waals surface area contributed by atoms with Crippen molar-refractivity contribution in [2.24, 2.45) is 0 Å². The normalized spacial score (nSPS) is 11.8. The van der Waals surface area contributed by atoms with Gasteiger partial charge in [-0.1, -0.05) is 19.1 Å². The Morgan fingerprint density at radius 2 is 2.12 bits per heavy atom. The molecule has 0 aliphatic heterocycles. The summed E-state index contributed by atoms with van der Waals surface area (Å²) in [5, 5.41) is 20.7. The lowest BCUT2D eigenvalue weighted by Crippen LogP contribution is -2.31. The van der Waals surface area contributed by atoms with Crippen molar-refractivity contribution in [3.63, 3.8) is 0 Å². The average molecular weight is 234 g/mol. The first-order valence-electron chi connectivity index (χ1n) is 5.73. The first-order valence-corrected chi connectivity index (χ1v) is 5.73. The van der Waals surface area contributed by atoms with Crippen LogP contribution in [0.3, 0.4) is 0 Å². The zero-order valence-corrected chi connectivity index (χ0v) is 10.0. The Morgan fingerprint density at radius 1 is 1.41 bits per heavy atom. The van der Waals surface area contributed by atoms with E-state index in [1.807, 2.05) is 37.3 Å². The molecule has 0 aliphatic rings. The fourth-order valence-corrected chi connectivity index (χ4v) is 1.42. The molecule has 0 aliphatic carbocycles. The summed E-state index contributed by atoms with van der Waals surface area (Å²) in [6, 6.07) is 9.65. The van der Waals surface area contributed by atoms with Crippen molar-refractivity contribution < 1.29 is 9.84 Å². The van der Waals surface area contributed by atoms with Gasteiger partial charge in [0.2, 0.25) is 0 Å². The van der Waals surface area contributed by atoms with Crippen molar-refractivity contribution in [3.05, 3.63) is 29.8 Å². The fraction of sp³-hybridized carbons (Fsp3) is 0.462. The van der Waals surface area contributed by atoms with Gasteiger partial charge in [0.1, 0.15) is 11.8 Å². The van der Waals surface area contributed by atoms with Gasteiger partial charge in [-0.2, -0.15) is 5.26 Å². The van der Waals surface area contributed by atoms with E-state index in [1.54, 1.807) is 0 Å². The average Bonchev–Trinajstić information content (AvgIpc) is 2.39. The minimum atomic E-state index is 0.0695. The van der Waals surface area contributed by atoms with E-state index in [4.69, 9.17) is 15.1 Å². The highest BCUT2D eigenvalue weighted by Gasteiger charge is 2.03. The van der Waals surface area contributed by atoms with Gasteiger partial charge in [-0.15, -0.1) is 0 Å². The summed E-state index contributed by atoms with van der Waals surface area (Å²) in [6.07, 6.45) is 0.903. The Kier molecular flexibility index (Phi) is 6.08. The van der Waals surface area contributed by atoms with E-state index in [9.17, 15) is 0 Å². The molecule has 0 bridgehead atoms. The van der Waals surface area contributed by atoms with E-state index < -0.39 is 0 Å². The number of benzene rings is 1. The Morgan fingerprint density at radius 3 is 2.65 bits per heavy atom. The molecule has 92 valence electrons. The number of rotatable bonds is 7. The molecule has 0 aromatic heterocycles. The topological polar surface area (TPSA) is 65.3 Å². The standard InChI is InChI=1S/C13H18N2O2/c1-2-12(10-16)15-9-11-3-5-13(6-4-11)17-8-7-14/h3-6,12,15-16H,2,8-10H2,1H3/t12-/m1/s1. The molecular formula is C13H18N2O2. The second-order valence-electron chi connectivity index (χ2n) is 3.76. The van der Waals surface area contributed by atoms with Crippen LogP contribution in [0.2, 0.25) is 0 Å². The Bertz CT molecular complexity index is 353. The Hall–Kier alpha value is -1.57. The number of nitrogens with one attached hydrogen (secondary N) is 1. The number of hydrogen-bond acceptors (Lipinski definition) is 4. The maximum Gasteiger partial charge on any atom is 0.174 e. The van der Waals surface area contributed by atoms with Crippen LogP contribution in [0.5, 0.6) is 5.75 Å². The van der Waals surface area contributed by atoms with Crippen LogP contribution >= 0.6 is 0 Å². The molecule has 0 radical (unpaired) electrons. The summed E-state index contributed by atoms with van der Waals surface area (Å²) in [7, 11) is 0. The second kappa shape index (κ2) is 7.66. The van der Waals surface area contributed by atoms with E-state index in [0.717, 1.165) is 18.5 Å². The summed E-state index contributed by atoms with van der Waals surface area (Å²) >= 11 is 0. The lowest BCUT2D eigenvalue weighted by Gasteiger charge is -2.13. The molecule has 0 saturated carbocycles. The third kappa shape index (κ3) is 4.85. The Balaban J connectivity index is 2.42. The predicted molar refractivity (Wildman–Crippen MR) is 65.6 cm³/mol. The summed E-state index contributed by atoms with van der Waals surface area (Å²) in [4.78, 5) is 0. The van der Waals surface area contributed by atoms with Gasteiger partial charge in [0.05, 0.1) is 6.61 Å². The minimum Gasteiger partial charge on any atom is -0.479 e. The van der Waals surface area contributed by atoms with Crippen LogP contribution in [0.4, 0.5) is 0 Å². The summed E-state index contributed by atoms with van der Waals surface area (Å²) in [5.41, 5.74) is 1.13. The number of aliphatic hydroxyl groups excluding tert-OH is 1. The van der Waals surface area contributed by atoms with Gasteiger partial charge in [0.25, 0.3) is 0 Å². The van der Waals surface area contributed by atoms with Crippen LogP contribution in [0.1, 0.15) is 18.9 Å². The molecule has 0 spiro atoms. The van der Waals surface area contributed by atoms with Gasteiger partial charge < -0.3 is 15.2 Å². The third-order valence-electron chi connectivity index (χ3n) is 2.53. The summed E-state index contributed by atoms with van der Waals surface area (Å²) in [6.45, 7) is 2.98. The van der Waals surface area contributed by atoms with Crippen molar-refractivity contribution in [2.75, 3.05) is 13.2 Å². The first-order chi connectivity index (χ1) is 8.30. The van der Waals surface area contributed by atoms with Crippen LogP contribution in [0.15, 0.2) is 24.3 Å². The van der Waals surface area contributed by atoms with Crippen LogP contribution in [-0.4, -0.2) is 24.4 Å². The SMILES string of the molecule is CC[C@H](CO)NCc1ccc(OCC#N)cc1. The smallest absolute Gasteiger partial charge is 0.174 e. The monoisotopic (exact) mass is 234 g/mol. The molecule has 0 amide bonds. The summed E-state index contributed by atoms with van der Waals surface area (Å²) in [5.74, 6) is 0.699. The van der Waals surface area contributed by atoms with E-state index in [0.29, 0.717) is 5.75 Å². The molecule has 1 aromatic carbocycles. The van der Waals surface area contributed by atoms with E-state index in [-0.39, 0.29) is 19.3 Å². The van der Waals surface area contributed by atoms with Crippen molar-refractivity contribution in [1.29, 1.82) is 5.26 Å². The second-order valence-corrected chi connectivity index (χ2v) is 3.76. The molecule has 0 fully saturated rings. The van der Waals surface area contributed by atoms with E-state index in [1.165, 1.54) is 0 Å². The predicted octanol–water partition coefficient (Wildman–Crippen LogP) is 1.45. The van der Waals surface area contributed by atoms with Gasteiger partial charge in [0.15, 0.2) is 6.61 Å². The van der Waals surface area contributed by atoms with Crippen molar-refractivity contribution in [2.45, 2.75) is 25.9 Å². The zero-order valence-electron chi connectivity index (χ0n) is 10.0. The first kappa shape index (κ1) is 13.5. The van der Waals surface area contributed by atoms with Gasteiger partial charge in [-0.3, -0.25) is 0 Å². The van der Waals surface area contributed by atoms with Crippen LogP contribution in [-0.2, 0) is 6.54 Å². The van der Waals surface area contributed by atoms with Crippen molar-refractivity contribution in [1.82, 2.24) is 5.32 Å². The number of nitriles is 1. The molecular weight excluding hydrogens is 216 g/mol. The Labute approximate surface area is 102 Å². The maximum absolute atomic E-state index is 9.03. The molecule has 4 heteroatoms. The molecule has 0 unspecified atom stereocenters. The largest absolute Gasteiger partial charge is 0.479 e. The quantitative estimate of drug-likeness (QED) is 0.749. The van der Waals surface area contributed by atoms with Gasteiger partial charge >= 0.3 is 0 Å². The molecule has 17 heavy (non-hydrogen) atoms. The molecule has 1 aromatic rings. The van der Waals surface area contributed by atoms with Gasteiger partial charge in [0, 0.05) is 12.6 Å². The lowest BCUT2D eigenvalue weighted by atomic mass is 10.2. The highest BCUT2D eigenvalue weighted by molar-refractivity contribution is 5.27. The highest BCUT2D eigenvalue weighted by Crippen LogP contribution is 2.12. The number of nitrogens with zero attached hydrogens (tertiary/aromatic N) is 1. The third-order valence-corrected chi connectivity index (χ3v) is 2.53. The maximum atomic E-state index is 9.03. The molecule has 0 heterocycles. The summed E-state index contributed by atoms with van der Waals surface area (Å²) < 4.78 is 5.16. The number of aliphatic hydroxyl groups is 1. The molecule has 4 nitrogen and oxygen atoms in total. The highest BCUT2D eigenvalue weighted by atomic mass is 16.5. The van der Waals surface area contributed by atoms with Crippen molar-refractivity contribution >= 4 is 0 Å². The molecule has 0 saturated heterocycles. The van der Waals surface area contributed by atoms with Crippen LogP contribution < -0.4 is 10.1 Å². The molecule has 1 atom stereocenters. The van der Waals surface area contributed by atoms with E-state index >= 15 is 0 Å². The minimum absolute atomic E-state index is 0.0695. The van der Waals surface area contributed by atoms with E-state index in [2.05, 4.69) is 5.32 Å². The fourth-order valence-electron chi connectivity index (χ4n) is 1.42. The van der Waals surface area contributed by atoms with Crippen LogP contribution in [0, 0.1) is 11.3 Å². The number of ether oxygens (including phenoxy) is 1. The van der Waals surface area contributed by atoms with Crippen LogP contribution in [0.25, 0.3) is 0 Å².